The molecule has 0 unspecified atom stereocenters. The summed E-state index contributed by atoms with van der Waals surface area (Å²) in [6, 6.07) is 4.52. The van der Waals surface area contributed by atoms with Crippen molar-refractivity contribution in [2.75, 3.05) is 0 Å². The molecule has 0 saturated heterocycles. The van der Waals surface area contributed by atoms with E-state index < -0.39 is 11.6 Å². The van der Waals surface area contributed by atoms with E-state index in [9.17, 15) is 8.78 Å². The molecule has 94 valence electrons. The maximum absolute atomic E-state index is 13.4. The summed E-state index contributed by atoms with van der Waals surface area (Å²) in [7, 11) is 0. The van der Waals surface area contributed by atoms with Crippen molar-refractivity contribution in [3.63, 3.8) is 0 Å². The molecule has 0 amide bonds. The van der Waals surface area contributed by atoms with Gasteiger partial charge in [-0.2, -0.15) is 0 Å². The minimum absolute atomic E-state index is 0.0559. The van der Waals surface area contributed by atoms with Gasteiger partial charge in [0.1, 0.15) is 21.8 Å². The summed E-state index contributed by atoms with van der Waals surface area (Å²) >= 11 is 18.2. The first kappa shape index (κ1) is 13.9. The summed E-state index contributed by atoms with van der Waals surface area (Å²) < 4.78 is 26.5. The molecule has 1 nitrogen and oxygen atoms in total. The fraction of sp³-hybridized carbons (Fsp3) is 0. The van der Waals surface area contributed by atoms with E-state index in [2.05, 4.69) is 4.98 Å². The number of aromatic nitrogens is 1. The van der Waals surface area contributed by atoms with E-state index in [0.717, 1.165) is 30.0 Å². The normalized spacial score (nSPS) is 10.7. The van der Waals surface area contributed by atoms with Gasteiger partial charge in [0.25, 0.3) is 0 Å². The minimum Gasteiger partial charge on any atom is -0.226 e. The van der Waals surface area contributed by atoms with Crippen LogP contribution in [0.2, 0.25) is 15.2 Å². The Balaban J connectivity index is 2.40. The van der Waals surface area contributed by atoms with Crippen molar-refractivity contribution in [2.24, 2.45) is 0 Å². The fourth-order valence-corrected chi connectivity index (χ4v) is 2.66. The molecule has 1 heterocycles. The van der Waals surface area contributed by atoms with Crippen LogP contribution in [0.25, 0.3) is 0 Å². The molecule has 0 radical (unpaired) electrons. The molecule has 1 aromatic carbocycles. The molecule has 0 bridgehead atoms. The van der Waals surface area contributed by atoms with Gasteiger partial charge in [-0.1, -0.05) is 46.6 Å². The summed E-state index contributed by atoms with van der Waals surface area (Å²) in [5.74, 6) is -1.11. The van der Waals surface area contributed by atoms with E-state index in [-0.39, 0.29) is 25.1 Å². The summed E-state index contributed by atoms with van der Waals surface area (Å²) in [4.78, 5) is 3.99. The van der Waals surface area contributed by atoms with Crippen LogP contribution in [0, 0.1) is 11.6 Å². The van der Waals surface area contributed by atoms with Crippen LogP contribution in [-0.2, 0) is 0 Å². The molecule has 1 aromatic heterocycles. The fourth-order valence-electron chi connectivity index (χ4n) is 1.16. The maximum atomic E-state index is 13.4. The number of benzene rings is 1. The average Bonchev–Trinajstić information content (AvgIpc) is 2.30. The highest BCUT2D eigenvalue weighted by molar-refractivity contribution is 7.99. The van der Waals surface area contributed by atoms with E-state index in [1.807, 2.05) is 0 Å². The molecule has 0 aliphatic heterocycles. The van der Waals surface area contributed by atoms with Crippen molar-refractivity contribution in [3.8, 4) is 0 Å². The van der Waals surface area contributed by atoms with Crippen LogP contribution in [-0.4, -0.2) is 4.98 Å². The number of hydrogen-bond acceptors (Lipinski definition) is 2. The second-order valence-corrected chi connectivity index (χ2v) is 5.43. The Hall–Kier alpha value is -0.550. The first-order chi connectivity index (χ1) is 8.47. The van der Waals surface area contributed by atoms with Gasteiger partial charge in [0.05, 0.1) is 14.9 Å². The largest absolute Gasteiger partial charge is 0.226 e. The van der Waals surface area contributed by atoms with Crippen molar-refractivity contribution in [1.29, 1.82) is 0 Å². The van der Waals surface area contributed by atoms with Crippen LogP contribution in [0.1, 0.15) is 0 Å². The molecule has 0 atom stereocenters. The number of hydrogen-bond donors (Lipinski definition) is 0. The summed E-state index contributed by atoms with van der Waals surface area (Å²) in [6.45, 7) is 0. The van der Waals surface area contributed by atoms with E-state index >= 15 is 0 Å². The molecule has 2 aromatic rings. The third-order valence-electron chi connectivity index (χ3n) is 1.95. The molecular weight excluding hydrogens is 323 g/mol. The van der Waals surface area contributed by atoms with Gasteiger partial charge in [-0.05, 0) is 24.3 Å². The highest BCUT2D eigenvalue weighted by Gasteiger charge is 2.12. The van der Waals surface area contributed by atoms with Gasteiger partial charge in [-0.3, -0.25) is 0 Å². The Bertz CT molecular complexity index is 607. The van der Waals surface area contributed by atoms with Gasteiger partial charge in [0.15, 0.2) is 0 Å². The Morgan fingerprint density at radius 3 is 2.44 bits per heavy atom. The highest BCUT2D eigenvalue weighted by atomic mass is 35.5. The summed E-state index contributed by atoms with van der Waals surface area (Å²) in [5.41, 5.74) is 0. The van der Waals surface area contributed by atoms with Gasteiger partial charge in [-0.15, -0.1) is 0 Å². The zero-order valence-electron chi connectivity index (χ0n) is 8.55. The van der Waals surface area contributed by atoms with E-state index in [0.29, 0.717) is 0 Å². The zero-order valence-corrected chi connectivity index (χ0v) is 11.6. The molecule has 7 heteroatoms. The van der Waals surface area contributed by atoms with Gasteiger partial charge in [0.2, 0.25) is 0 Å². The molecule has 0 aliphatic carbocycles. The third kappa shape index (κ3) is 3.06. The van der Waals surface area contributed by atoms with Crippen molar-refractivity contribution in [3.05, 3.63) is 51.1 Å². The predicted octanol–water partition coefficient (Wildman–Crippen LogP) is 5.47. The second-order valence-electron chi connectivity index (χ2n) is 3.22. The summed E-state index contributed by atoms with van der Waals surface area (Å²) in [5, 5.41) is 0.736. The Morgan fingerprint density at radius 1 is 1.00 bits per heavy atom. The standard InChI is InChI=1S/C11H4Cl3F2NS/c12-6-4-7(13)11(17-10(6)14)18-9-3-5(15)1-2-8(9)16/h1-4H. The lowest BCUT2D eigenvalue weighted by molar-refractivity contribution is 0.577. The number of halogens is 5. The van der Waals surface area contributed by atoms with Gasteiger partial charge in [-0.25, -0.2) is 13.8 Å². The monoisotopic (exact) mass is 325 g/mol. The molecular formula is C11H4Cl3F2NS. The quantitative estimate of drug-likeness (QED) is 0.679. The van der Waals surface area contributed by atoms with Crippen LogP contribution in [0.4, 0.5) is 8.78 Å². The third-order valence-corrected chi connectivity index (χ3v) is 4.06. The Morgan fingerprint density at radius 2 is 1.72 bits per heavy atom. The lowest BCUT2D eigenvalue weighted by Gasteiger charge is -2.06. The maximum Gasteiger partial charge on any atom is 0.149 e. The van der Waals surface area contributed by atoms with Crippen LogP contribution in [0.15, 0.2) is 34.2 Å². The molecule has 0 fully saturated rings. The second kappa shape index (κ2) is 5.61. The van der Waals surface area contributed by atoms with Crippen LogP contribution in [0.5, 0.6) is 0 Å². The zero-order chi connectivity index (χ0) is 13.3. The number of rotatable bonds is 2. The minimum atomic E-state index is -0.565. The predicted molar refractivity (Wildman–Crippen MR) is 69.7 cm³/mol. The van der Waals surface area contributed by atoms with E-state index in [1.54, 1.807) is 0 Å². The SMILES string of the molecule is Fc1ccc(F)c(Sc2nc(Cl)c(Cl)cc2Cl)c1. The highest BCUT2D eigenvalue weighted by Crippen LogP contribution is 2.36. The lowest BCUT2D eigenvalue weighted by Crippen LogP contribution is -1.88. The molecule has 0 saturated carbocycles. The summed E-state index contributed by atoms with van der Waals surface area (Å²) in [6.07, 6.45) is 0. The number of pyridine rings is 1. The lowest BCUT2D eigenvalue weighted by atomic mass is 10.3. The van der Waals surface area contributed by atoms with Crippen LogP contribution < -0.4 is 0 Å². The smallest absolute Gasteiger partial charge is 0.149 e. The van der Waals surface area contributed by atoms with Crippen molar-refractivity contribution in [1.82, 2.24) is 4.98 Å². The average molecular weight is 327 g/mol. The first-order valence-corrected chi connectivity index (χ1v) is 6.57. The molecule has 2 rings (SSSR count). The van der Waals surface area contributed by atoms with Gasteiger partial charge < -0.3 is 0 Å². The molecule has 0 spiro atoms. The van der Waals surface area contributed by atoms with Crippen molar-refractivity contribution < 1.29 is 8.78 Å². The van der Waals surface area contributed by atoms with Crippen molar-refractivity contribution >= 4 is 46.6 Å². The molecule has 0 N–H and O–H groups in total. The van der Waals surface area contributed by atoms with E-state index in [1.165, 1.54) is 6.07 Å². The first-order valence-electron chi connectivity index (χ1n) is 4.62. The van der Waals surface area contributed by atoms with E-state index in [4.69, 9.17) is 34.8 Å². The van der Waals surface area contributed by atoms with Crippen molar-refractivity contribution in [2.45, 2.75) is 9.92 Å². The van der Waals surface area contributed by atoms with Gasteiger partial charge >= 0.3 is 0 Å². The Labute approximate surface area is 121 Å². The number of nitrogens with zero attached hydrogens (tertiary/aromatic N) is 1. The topological polar surface area (TPSA) is 12.9 Å². The van der Waals surface area contributed by atoms with Gasteiger partial charge in [0, 0.05) is 0 Å². The molecule has 0 aliphatic rings. The molecule has 18 heavy (non-hydrogen) atoms. The van der Waals surface area contributed by atoms with Crippen LogP contribution >= 0.6 is 46.6 Å². The Kier molecular flexibility index (Phi) is 4.33. The van der Waals surface area contributed by atoms with Crippen LogP contribution in [0.3, 0.4) is 0 Å².